The molecule has 6 heteroatoms. The lowest BCUT2D eigenvalue weighted by Gasteiger charge is -2.25. The van der Waals surface area contributed by atoms with Gasteiger partial charge in [0.25, 0.3) is 5.91 Å². The highest BCUT2D eigenvalue weighted by Crippen LogP contribution is 2.42. The van der Waals surface area contributed by atoms with Crippen LogP contribution in [-0.4, -0.2) is 17.7 Å². The number of carbonyl (C=O) groups is 3. The molecule has 4 rings (SSSR count). The number of amides is 3. The quantitative estimate of drug-likeness (QED) is 0.776. The van der Waals surface area contributed by atoms with E-state index in [4.69, 9.17) is 11.6 Å². The van der Waals surface area contributed by atoms with Crippen molar-refractivity contribution in [3.05, 3.63) is 59.1 Å². The number of benzene rings is 2. The monoisotopic (exact) mass is 396 g/mol. The minimum absolute atomic E-state index is 0.148. The average Bonchev–Trinajstić information content (AvgIpc) is 2.93. The number of fused-ring (bicyclic) bond motifs is 1. The fourth-order valence-corrected chi connectivity index (χ4v) is 4.37. The number of rotatable bonds is 3. The summed E-state index contributed by atoms with van der Waals surface area (Å²) in [5, 5.41) is 3.20. The number of anilines is 2. The van der Waals surface area contributed by atoms with Crippen LogP contribution in [0.1, 0.15) is 36.5 Å². The average molecular weight is 397 g/mol. The van der Waals surface area contributed by atoms with Crippen molar-refractivity contribution in [2.75, 3.05) is 10.2 Å². The third-order valence-corrected chi connectivity index (χ3v) is 6.01. The molecular weight excluding hydrogens is 376 g/mol. The van der Waals surface area contributed by atoms with E-state index in [2.05, 4.69) is 12.2 Å². The molecule has 1 aliphatic heterocycles. The van der Waals surface area contributed by atoms with Gasteiger partial charge in [-0.15, -0.1) is 0 Å². The van der Waals surface area contributed by atoms with Crippen molar-refractivity contribution in [1.29, 1.82) is 0 Å². The zero-order valence-corrected chi connectivity index (χ0v) is 16.3. The third-order valence-electron chi connectivity index (χ3n) is 5.68. The van der Waals surface area contributed by atoms with Crippen LogP contribution >= 0.6 is 11.6 Å². The van der Waals surface area contributed by atoms with Crippen molar-refractivity contribution in [3.63, 3.8) is 0 Å². The number of nitrogens with one attached hydrogen (secondary N) is 1. The molecule has 0 radical (unpaired) electrons. The molecule has 3 atom stereocenters. The van der Waals surface area contributed by atoms with E-state index in [9.17, 15) is 14.4 Å². The summed E-state index contributed by atoms with van der Waals surface area (Å²) in [6.45, 7) is 2.12. The van der Waals surface area contributed by atoms with E-state index in [1.807, 2.05) is 0 Å². The topological polar surface area (TPSA) is 66.5 Å². The summed E-state index contributed by atoms with van der Waals surface area (Å²) < 4.78 is 0. The molecule has 0 unspecified atom stereocenters. The minimum Gasteiger partial charge on any atom is -0.321 e. The molecule has 2 aromatic rings. The van der Waals surface area contributed by atoms with Gasteiger partial charge in [0.15, 0.2) is 0 Å². The Bertz CT molecular complexity index is 958. The van der Waals surface area contributed by atoms with Crippen LogP contribution in [0.15, 0.2) is 48.5 Å². The van der Waals surface area contributed by atoms with Crippen LogP contribution in [0.3, 0.4) is 0 Å². The Kier molecular flexibility index (Phi) is 4.94. The summed E-state index contributed by atoms with van der Waals surface area (Å²) in [5.41, 5.74) is 1.32. The van der Waals surface area contributed by atoms with Crippen LogP contribution in [0.25, 0.3) is 0 Å². The molecular formula is C22H21ClN2O3. The number of halogens is 1. The molecule has 144 valence electrons. The molecule has 0 bridgehead atoms. The van der Waals surface area contributed by atoms with Gasteiger partial charge in [0.2, 0.25) is 11.8 Å². The van der Waals surface area contributed by atoms with Crippen molar-refractivity contribution in [2.24, 2.45) is 17.8 Å². The van der Waals surface area contributed by atoms with Crippen LogP contribution in [0, 0.1) is 17.8 Å². The van der Waals surface area contributed by atoms with E-state index < -0.39 is 0 Å². The minimum atomic E-state index is -0.347. The fraction of sp³-hybridized carbons (Fsp3) is 0.318. The molecule has 0 aromatic heterocycles. The molecule has 5 nitrogen and oxygen atoms in total. The number of imide groups is 1. The van der Waals surface area contributed by atoms with Crippen LogP contribution in [0.2, 0.25) is 5.02 Å². The van der Waals surface area contributed by atoms with E-state index in [0.29, 0.717) is 27.9 Å². The Balaban J connectivity index is 1.59. The van der Waals surface area contributed by atoms with Gasteiger partial charge in [-0.2, -0.15) is 0 Å². The molecule has 2 aromatic carbocycles. The fourth-order valence-electron chi connectivity index (χ4n) is 4.19. The van der Waals surface area contributed by atoms with E-state index in [-0.39, 0.29) is 29.6 Å². The van der Waals surface area contributed by atoms with Crippen molar-refractivity contribution < 1.29 is 14.4 Å². The maximum Gasteiger partial charge on any atom is 0.255 e. The zero-order valence-electron chi connectivity index (χ0n) is 15.5. The van der Waals surface area contributed by atoms with Crippen LogP contribution in [0.4, 0.5) is 11.4 Å². The summed E-state index contributed by atoms with van der Waals surface area (Å²) >= 11 is 6.10. The molecule has 0 spiro atoms. The third kappa shape index (κ3) is 3.31. The second-order valence-electron chi connectivity index (χ2n) is 7.63. The molecule has 3 amide bonds. The van der Waals surface area contributed by atoms with Gasteiger partial charge in [0.1, 0.15) is 0 Å². The molecule has 1 aliphatic carbocycles. The first-order chi connectivity index (χ1) is 13.5. The van der Waals surface area contributed by atoms with Crippen molar-refractivity contribution in [2.45, 2.75) is 26.2 Å². The molecule has 2 fully saturated rings. The van der Waals surface area contributed by atoms with E-state index in [1.54, 1.807) is 48.5 Å². The van der Waals surface area contributed by atoms with Gasteiger partial charge in [-0.05, 0) is 55.5 Å². The van der Waals surface area contributed by atoms with Crippen LogP contribution < -0.4 is 10.2 Å². The highest BCUT2D eigenvalue weighted by atomic mass is 35.5. The lowest BCUT2D eigenvalue weighted by atomic mass is 9.76. The SMILES string of the molecule is C[C@@H]1CC[C@@H]2C(=O)N(c3cccc(C(=O)Nc4ccccc4Cl)c3)C(=O)[C@@H]2C1. The lowest BCUT2D eigenvalue weighted by molar-refractivity contribution is -0.122. The van der Waals surface area contributed by atoms with Crippen LogP contribution in [0.5, 0.6) is 0 Å². The predicted octanol–water partition coefficient (Wildman–Crippen LogP) is 4.52. The summed E-state index contributed by atoms with van der Waals surface area (Å²) in [5.74, 6) is -0.664. The normalized spacial score (nSPS) is 24.2. The van der Waals surface area contributed by atoms with Gasteiger partial charge in [-0.3, -0.25) is 19.3 Å². The molecule has 1 N–H and O–H groups in total. The van der Waals surface area contributed by atoms with Gasteiger partial charge < -0.3 is 5.32 Å². The Morgan fingerprint density at radius 2 is 1.79 bits per heavy atom. The number of hydrogen-bond donors (Lipinski definition) is 1. The molecule has 2 aliphatic rings. The van der Waals surface area contributed by atoms with Gasteiger partial charge in [-0.1, -0.05) is 36.7 Å². The first kappa shape index (κ1) is 18.7. The summed E-state index contributed by atoms with van der Waals surface area (Å²) in [6.07, 6.45) is 2.46. The molecule has 28 heavy (non-hydrogen) atoms. The lowest BCUT2D eigenvalue weighted by Crippen LogP contribution is -2.31. The Hall–Kier alpha value is -2.66. The van der Waals surface area contributed by atoms with Gasteiger partial charge in [0.05, 0.1) is 28.2 Å². The summed E-state index contributed by atoms with van der Waals surface area (Å²) in [7, 11) is 0. The first-order valence-electron chi connectivity index (χ1n) is 9.49. The Morgan fingerprint density at radius 1 is 1.04 bits per heavy atom. The van der Waals surface area contributed by atoms with E-state index >= 15 is 0 Å². The molecule has 1 heterocycles. The smallest absolute Gasteiger partial charge is 0.255 e. The summed E-state index contributed by atoms with van der Waals surface area (Å²) in [6, 6.07) is 13.6. The standard InChI is InChI=1S/C22H21ClN2O3/c1-13-9-10-16-17(11-13)22(28)25(21(16)27)15-6-4-5-14(12-15)20(26)24-19-8-3-2-7-18(19)23/h2-8,12-13,16-17H,9-11H2,1H3,(H,24,26)/t13-,16+,17-/m1/s1. The predicted molar refractivity (Wildman–Crippen MR) is 108 cm³/mol. The van der Waals surface area contributed by atoms with Crippen molar-refractivity contribution in [1.82, 2.24) is 0 Å². The maximum absolute atomic E-state index is 12.9. The first-order valence-corrected chi connectivity index (χ1v) is 9.87. The second-order valence-corrected chi connectivity index (χ2v) is 8.03. The largest absolute Gasteiger partial charge is 0.321 e. The Morgan fingerprint density at radius 3 is 2.57 bits per heavy atom. The van der Waals surface area contributed by atoms with Gasteiger partial charge >= 0.3 is 0 Å². The number of hydrogen-bond acceptors (Lipinski definition) is 3. The van der Waals surface area contributed by atoms with Gasteiger partial charge in [0, 0.05) is 5.56 Å². The number of carbonyl (C=O) groups excluding carboxylic acids is 3. The molecule has 1 saturated carbocycles. The van der Waals surface area contributed by atoms with E-state index in [0.717, 1.165) is 19.3 Å². The Labute approximate surface area is 168 Å². The van der Waals surface area contributed by atoms with Crippen molar-refractivity contribution in [3.8, 4) is 0 Å². The highest BCUT2D eigenvalue weighted by Gasteiger charge is 2.50. The van der Waals surface area contributed by atoms with Gasteiger partial charge in [-0.25, -0.2) is 0 Å². The highest BCUT2D eigenvalue weighted by molar-refractivity contribution is 6.34. The maximum atomic E-state index is 12.9. The summed E-state index contributed by atoms with van der Waals surface area (Å²) in [4.78, 5) is 39.7. The molecule has 1 saturated heterocycles. The number of para-hydroxylation sites is 1. The second kappa shape index (κ2) is 7.40. The van der Waals surface area contributed by atoms with E-state index in [1.165, 1.54) is 4.90 Å². The van der Waals surface area contributed by atoms with Crippen molar-refractivity contribution >= 4 is 40.7 Å². The van der Waals surface area contributed by atoms with Crippen LogP contribution in [-0.2, 0) is 9.59 Å². The number of nitrogens with zero attached hydrogens (tertiary/aromatic N) is 1. The zero-order chi connectivity index (χ0) is 19.8.